The van der Waals surface area contributed by atoms with E-state index in [2.05, 4.69) is 40.7 Å². The first-order chi connectivity index (χ1) is 8.86. The minimum absolute atomic E-state index is 0. The van der Waals surface area contributed by atoms with Gasteiger partial charge in [-0.3, -0.25) is 0 Å². The number of piperidine rings is 1. The zero-order chi connectivity index (χ0) is 12.4. The first-order valence-electron chi connectivity index (χ1n) is 6.47. The molecule has 3 rings (SSSR count). The van der Waals surface area contributed by atoms with Gasteiger partial charge in [0.1, 0.15) is 5.70 Å². The summed E-state index contributed by atoms with van der Waals surface area (Å²) in [5.41, 5.74) is 5.87. The van der Waals surface area contributed by atoms with Crippen LogP contribution < -0.4 is 17.3 Å². The molecule has 2 aromatic rings. The molecule has 19 heavy (non-hydrogen) atoms. The standard InChI is InChI=1S/C15H17NS2.ClH/c1-16-7-3-2-4-14(16)15(12-5-8-17-10-12)13-6-9-18-11-13;/h5-6,8-11H,2-4,7H2,1H3;1H. The third-order valence-corrected chi connectivity index (χ3v) is 5.03. The van der Waals surface area contributed by atoms with Gasteiger partial charge < -0.3 is 17.3 Å². The van der Waals surface area contributed by atoms with Gasteiger partial charge in [0.15, 0.2) is 0 Å². The fourth-order valence-corrected chi connectivity index (χ4v) is 4.02. The molecule has 1 nitrogen and oxygen atoms in total. The van der Waals surface area contributed by atoms with E-state index in [1.807, 2.05) is 0 Å². The Morgan fingerprint density at radius 1 is 1.05 bits per heavy atom. The smallest absolute Gasteiger partial charge is 0.115 e. The highest BCUT2D eigenvalue weighted by molar-refractivity contribution is 7.08. The molecule has 4 heteroatoms. The summed E-state index contributed by atoms with van der Waals surface area (Å²) in [4.78, 5) is 1.59. The molecule has 3 heterocycles. The van der Waals surface area contributed by atoms with Gasteiger partial charge in [-0.1, -0.05) is 0 Å². The van der Waals surface area contributed by atoms with E-state index in [9.17, 15) is 0 Å². The van der Waals surface area contributed by atoms with Crippen LogP contribution in [-0.2, 0) is 0 Å². The monoisotopic (exact) mass is 311 g/mol. The molecular weight excluding hydrogens is 294 g/mol. The van der Waals surface area contributed by atoms with Gasteiger partial charge in [0, 0.05) is 12.0 Å². The number of hydrogen-bond acceptors (Lipinski definition) is 2. The summed E-state index contributed by atoms with van der Waals surface area (Å²) in [7, 11) is 2.31. The van der Waals surface area contributed by atoms with E-state index in [1.54, 1.807) is 33.3 Å². The van der Waals surface area contributed by atoms with Crippen molar-refractivity contribution in [2.24, 2.45) is 0 Å². The number of likely N-dealkylation sites (tertiary alicyclic amines) is 1. The van der Waals surface area contributed by atoms with Gasteiger partial charge in [-0.2, -0.15) is 22.7 Å². The van der Waals surface area contributed by atoms with Crippen LogP contribution in [0.2, 0.25) is 0 Å². The molecule has 1 atom stereocenters. The fourth-order valence-electron chi connectivity index (χ4n) is 2.72. The molecule has 0 amide bonds. The van der Waals surface area contributed by atoms with Crippen molar-refractivity contribution in [3.8, 4) is 0 Å². The van der Waals surface area contributed by atoms with Crippen LogP contribution >= 0.6 is 22.7 Å². The molecule has 1 unspecified atom stereocenters. The maximum Gasteiger partial charge on any atom is 0.115 e. The summed E-state index contributed by atoms with van der Waals surface area (Å²) >= 11 is 3.58. The van der Waals surface area contributed by atoms with Gasteiger partial charge in [0.05, 0.1) is 13.6 Å². The molecule has 0 aliphatic carbocycles. The van der Waals surface area contributed by atoms with Crippen LogP contribution in [0.3, 0.4) is 0 Å². The van der Waals surface area contributed by atoms with Gasteiger partial charge in [-0.05, 0) is 57.6 Å². The maximum atomic E-state index is 2.31. The van der Waals surface area contributed by atoms with Gasteiger partial charge in [-0.25, -0.2) is 0 Å². The van der Waals surface area contributed by atoms with Crippen LogP contribution in [0.15, 0.2) is 39.4 Å². The maximum absolute atomic E-state index is 2.31. The number of hydrogen-bond donors (Lipinski definition) is 1. The van der Waals surface area contributed by atoms with Crippen molar-refractivity contribution in [2.75, 3.05) is 13.6 Å². The number of thiophene rings is 2. The van der Waals surface area contributed by atoms with Crippen molar-refractivity contribution in [2.45, 2.75) is 19.3 Å². The Morgan fingerprint density at radius 3 is 2.16 bits per heavy atom. The molecule has 0 aromatic carbocycles. The van der Waals surface area contributed by atoms with Crippen molar-refractivity contribution in [1.29, 1.82) is 0 Å². The van der Waals surface area contributed by atoms with Crippen molar-refractivity contribution >= 4 is 28.2 Å². The largest absolute Gasteiger partial charge is 1.00 e. The highest BCUT2D eigenvalue weighted by atomic mass is 35.5. The van der Waals surface area contributed by atoms with Crippen LogP contribution in [0, 0.1) is 0 Å². The number of quaternary nitrogens is 1. The lowest BCUT2D eigenvalue weighted by atomic mass is 9.95. The molecular formula is C15H18ClNS2. The predicted octanol–water partition coefficient (Wildman–Crippen LogP) is 0.272. The Morgan fingerprint density at radius 2 is 1.68 bits per heavy atom. The van der Waals surface area contributed by atoms with Crippen molar-refractivity contribution in [3.05, 3.63) is 50.5 Å². The Balaban J connectivity index is 0.00000133. The first-order valence-corrected chi connectivity index (χ1v) is 8.36. The lowest BCUT2D eigenvalue weighted by molar-refractivity contribution is -0.844. The van der Waals surface area contributed by atoms with E-state index < -0.39 is 0 Å². The molecule has 1 aliphatic heterocycles. The summed E-state index contributed by atoms with van der Waals surface area (Å²) in [5, 5.41) is 8.92. The third kappa shape index (κ3) is 3.11. The van der Waals surface area contributed by atoms with E-state index in [-0.39, 0.29) is 12.4 Å². The molecule has 0 saturated carbocycles. The highest BCUT2D eigenvalue weighted by Crippen LogP contribution is 2.30. The van der Waals surface area contributed by atoms with E-state index in [4.69, 9.17) is 0 Å². The lowest BCUT2D eigenvalue weighted by Crippen LogP contribution is -3.08. The van der Waals surface area contributed by atoms with Crippen LogP contribution in [0.4, 0.5) is 0 Å². The van der Waals surface area contributed by atoms with E-state index in [1.165, 1.54) is 42.5 Å². The quantitative estimate of drug-likeness (QED) is 0.812. The van der Waals surface area contributed by atoms with Crippen LogP contribution in [0.5, 0.6) is 0 Å². The highest BCUT2D eigenvalue weighted by Gasteiger charge is 2.23. The van der Waals surface area contributed by atoms with Crippen LogP contribution in [-0.4, -0.2) is 13.6 Å². The van der Waals surface area contributed by atoms with Crippen LogP contribution in [0.1, 0.15) is 30.4 Å². The zero-order valence-corrected chi connectivity index (χ0v) is 13.4. The average Bonchev–Trinajstić information content (AvgIpc) is 3.05. The second kappa shape index (κ2) is 6.71. The van der Waals surface area contributed by atoms with Crippen molar-refractivity contribution in [1.82, 2.24) is 0 Å². The van der Waals surface area contributed by atoms with Gasteiger partial charge in [0.25, 0.3) is 0 Å². The second-order valence-electron chi connectivity index (χ2n) is 4.87. The fraction of sp³-hybridized carbons (Fsp3) is 0.333. The molecule has 102 valence electrons. The Labute approximate surface area is 129 Å². The topological polar surface area (TPSA) is 4.44 Å². The summed E-state index contributed by atoms with van der Waals surface area (Å²) in [6.45, 7) is 1.27. The third-order valence-electron chi connectivity index (χ3n) is 3.67. The molecule has 2 aromatic heterocycles. The number of halogens is 1. The molecule has 1 saturated heterocycles. The number of nitrogens with one attached hydrogen (secondary N) is 1. The summed E-state index contributed by atoms with van der Waals surface area (Å²) in [6, 6.07) is 4.51. The molecule has 0 bridgehead atoms. The molecule has 1 aliphatic rings. The lowest BCUT2D eigenvalue weighted by Gasteiger charge is -2.24. The second-order valence-corrected chi connectivity index (χ2v) is 6.43. The first kappa shape index (κ1) is 14.8. The molecule has 1 N–H and O–H groups in total. The Hall–Kier alpha value is -0.610. The van der Waals surface area contributed by atoms with E-state index in [0.717, 1.165) is 0 Å². The van der Waals surface area contributed by atoms with Crippen molar-refractivity contribution in [3.63, 3.8) is 0 Å². The van der Waals surface area contributed by atoms with Crippen LogP contribution in [0.25, 0.3) is 5.57 Å². The normalized spacial score (nSPS) is 19.0. The minimum Gasteiger partial charge on any atom is -1.00 e. The minimum atomic E-state index is 0. The number of rotatable bonds is 2. The van der Waals surface area contributed by atoms with E-state index >= 15 is 0 Å². The average molecular weight is 312 g/mol. The van der Waals surface area contributed by atoms with E-state index in [0.29, 0.717) is 0 Å². The molecule has 0 radical (unpaired) electrons. The van der Waals surface area contributed by atoms with Gasteiger partial charge >= 0.3 is 0 Å². The zero-order valence-electron chi connectivity index (χ0n) is 11.0. The summed E-state index contributed by atoms with van der Waals surface area (Å²) < 4.78 is 0. The Kier molecular flexibility index (Phi) is 5.22. The molecule has 0 spiro atoms. The van der Waals surface area contributed by atoms with Crippen molar-refractivity contribution < 1.29 is 17.3 Å². The number of allylic oxidation sites excluding steroid dienone is 1. The predicted molar refractivity (Wildman–Crippen MR) is 80.3 cm³/mol. The Bertz CT molecular complexity index is 492. The molecule has 1 fully saturated rings. The summed E-state index contributed by atoms with van der Waals surface area (Å²) in [5.74, 6) is 0. The SMILES string of the molecule is C[NH+]1CCCCC1=C(c1ccsc1)c1ccsc1.[Cl-]. The summed E-state index contributed by atoms with van der Waals surface area (Å²) in [6.07, 6.45) is 3.94. The van der Waals surface area contributed by atoms with Gasteiger partial charge in [0.2, 0.25) is 0 Å². The van der Waals surface area contributed by atoms with Gasteiger partial charge in [-0.15, -0.1) is 0 Å².